The highest BCUT2D eigenvalue weighted by atomic mass is 35.5. The van der Waals surface area contributed by atoms with Gasteiger partial charge in [-0.1, -0.05) is 23.7 Å². The van der Waals surface area contributed by atoms with Crippen LogP contribution in [0.15, 0.2) is 36.7 Å². The lowest BCUT2D eigenvalue weighted by Crippen LogP contribution is -2.15. The van der Waals surface area contributed by atoms with Crippen molar-refractivity contribution < 1.29 is 9.13 Å². The molecular formula is C14H14ClFN2O. The molecule has 0 amide bonds. The zero-order valence-corrected chi connectivity index (χ0v) is 11.2. The smallest absolute Gasteiger partial charge is 0.145 e. The molecule has 1 atom stereocenters. The Morgan fingerprint density at radius 1 is 1.42 bits per heavy atom. The molecule has 1 aromatic heterocycles. The van der Waals surface area contributed by atoms with E-state index in [1.807, 2.05) is 0 Å². The van der Waals surface area contributed by atoms with Crippen LogP contribution in [0.25, 0.3) is 0 Å². The summed E-state index contributed by atoms with van der Waals surface area (Å²) in [5, 5.41) is 0.103. The highest BCUT2D eigenvalue weighted by molar-refractivity contribution is 6.30. The summed E-state index contributed by atoms with van der Waals surface area (Å²) < 4.78 is 19.0. The van der Waals surface area contributed by atoms with Crippen LogP contribution in [0, 0.1) is 5.82 Å². The lowest BCUT2D eigenvalue weighted by Gasteiger charge is -2.15. The standard InChI is InChI=1S/C14H14ClFN2O/c1-19-13-8-18-6-5-10(13)12(17)7-9-3-2-4-11(15)14(9)16/h2-6,8,12H,7,17H2,1H3. The minimum absolute atomic E-state index is 0.103. The first kappa shape index (κ1) is 13.8. The van der Waals surface area contributed by atoms with Gasteiger partial charge >= 0.3 is 0 Å². The van der Waals surface area contributed by atoms with Crippen LogP contribution in [0.5, 0.6) is 5.75 Å². The summed E-state index contributed by atoms with van der Waals surface area (Å²) in [6.07, 6.45) is 3.56. The molecule has 2 rings (SSSR count). The Hall–Kier alpha value is -1.65. The van der Waals surface area contributed by atoms with E-state index in [1.54, 1.807) is 37.7 Å². The molecule has 1 unspecified atom stereocenters. The third kappa shape index (κ3) is 3.03. The third-order valence-electron chi connectivity index (χ3n) is 2.91. The molecule has 2 N–H and O–H groups in total. The van der Waals surface area contributed by atoms with Gasteiger partial charge in [0, 0.05) is 17.8 Å². The van der Waals surface area contributed by atoms with Crippen LogP contribution >= 0.6 is 11.6 Å². The summed E-state index contributed by atoms with van der Waals surface area (Å²) in [7, 11) is 1.55. The van der Waals surface area contributed by atoms with Gasteiger partial charge in [0.15, 0.2) is 0 Å². The van der Waals surface area contributed by atoms with Crippen LogP contribution in [0.1, 0.15) is 17.2 Å². The molecule has 0 bridgehead atoms. The maximum absolute atomic E-state index is 13.8. The van der Waals surface area contributed by atoms with Gasteiger partial charge in [-0.15, -0.1) is 0 Å². The molecule has 0 saturated heterocycles. The van der Waals surface area contributed by atoms with Crippen LogP contribution in [0.2, 0.25) is 5.02 Å². The van der Waals surface area contributed by atoms with Crippen molar-refractivity contribution in [2.75, 3.05) is 7.11 Å². The molecule has 5 heteroatoms. The van der Waals surface area contributed by atoms with E-state index in [0.717, 1.165) is 5.56 Å². The van der Waals surface area contributed by atoms with E-state index in [2.05, 4.69) is 4.98 Å². The Bertz CT molecular complexity index is 577. The van der Waals surface area contributed by atoms with Crippen molar-refractivity contribution in [2.24, 2.45) is 5.73 Å². The van der Waals surface area contributed by atoms with Gasteiger partial charge in [0.2, 0.25) is 0 Å². The van der Waals surface area contributed by atoms with Gasteiger partial charge in [0.1, 0.15) is 11.6 Å². The first-order chi connectivity index (χ1) is 9.13. The number of halogens is 2. The number of methoxy groups -OCH3 is 1. The quantitative estimate of drug-likeness (QED) is 0.936. The zero-order chi connectivity index (χ0) is 13.8. The predicted molar refractivity (Wildman–Crippen MR) is 72.8 cm³/mol. The first-order valence-corrected chi connectivity index (χ1v) is 6.17. The summed E-state index contributed by atoms with van der Waals surface area (Å²) in [6, 6.07) is 6.28. The zero-order valence-electron chi connectivity index (χ0n) is 10.4. The van der Waals surface area contributed by atoms with E-state index in [1.165, 1.54) is 6.07 Å². The SMILES string of the molecule is COc1cnccc1C(N)Cc1cccc(Cl)c1F. The number of nitrogens with two attached hydrogens (primary N) is 1. The van der Waals surface area contributed by atoms with E-state index in [9.17, 15) is 4.39 Å². The molecule has 0 spiro atoms. The van der Waals surface area contributed by atoms with Crippen LogP contribution in [0.3, 0.4) is 0 Å². The Labute approximate surface area is 116 Å². The summed E-state index contributed by atoms with van der Waals surface area (Å²) in [5.41, 5.74) is 7.38. The van der Waals surface area contributed by atoms with Gasteiger partial charge < -0.3 is 10.5 Å². The number of hydrogen-bond acceptors (Lipinski definition) is 3. The lowest BCUT2D eigenvalue weighted by atomic mass is 9.99. The second kappa shape index (κ2) is 5.99. The number of nitrogens with zero attached hydrogens (tertiary/aromatic N) is 1. The Kier molecular flexibility index (Phi) is 4.35. The van der Waals surface area contributed by atoms with Crippen molar-refractivity contribution in [2.45, 2.75) is 12.5 Å². The van der Waals surface area contributed by atoms with Crippen LogP contribution in [0.4, 0.5) is 4.39 Å². The molecule has 0 fully saturated rings. The number of benzene rings is 1. The minimum Gasteiger partial charge on any atom is -0.495 e. The van der Waals surface area contributed by atoms with E-state index < -0.39 is 5.82 Å². The molecule has 2 aromatic rings. The van der Waals surface area contributed by atoms with Crippen molar-refractivity contribution in [1.29, 1.82) is 0 Å². The van der Waals surface area contributed by atoms with Crippen molar-refractivity contribution >= 4 is 11.6 Å². The number of pyridine rings is 1. The summed E-state index contributed by atoms with van der Waals surface area (Å²) >= 11 is 5.75. The molecule has 1 aromatic carbocycles. The molecule has 19 heavy (non-hydrogen) atoms. The van der Waals surface area contributed by atoms with E-state index in [-0.39, 0.29) is 11.1 Å². The highest BCUT2D eigenvalue weighted by Gasteiger charge is 2.15. The maximum atomic E-state index is 13.8. The third-order valence-corrected chi connectivity index (χ3v) is 3.20. The molecule has 100 valence electrons. The topological polar surface area (TPSA) is 48.1 Å². The minimum atomic E-state index is -0.423. The second-order valence-electron chi connectivity index (χ2n) is 4.14. The number of ether oxygens (including phenoxy) is 1. The predicted octanol–water partition coefficient (Wildman–Crippen LogP) is 3.13. The molecule has 0 saturated carbocycles. The fourth-order valence-electron chi connectivity index (χ4n) is 1.92. The van der Waals surface area contributed by atoms with Crippen molar-refractivity contribution in [3.63, 3.8) is 0 Å². The van der Waals surface area contributed by atoms with Gasteiger partial charge in [-0.05, 0) is 24.1 Å². The normalized spacial score (nSPS) is 12.2. The lowest BCUT2D eigenvalue weighted by molar-refractivity contribution is 0.403. The fraction of sp³-hybridized carbons (Fsp3) is 0.214. The van der Waals surface area contributed by atoms with Crippen LogP contribution in [-0.2, 0) is 6.42 Å². The molecule has 0 radical (unpaired) electrons. The molecule has 0 aliphatic carbocycles. The summed E-state index contributed by atoms with van der Waals surface area (Å²) in [6.45, 7) is 0. The van der Waals surface area contributed by atoms with Gasteiger partial charge in [-0.25, -0.2) is 4.39 Å². The van der Waals surface area contributed by atoms with Gasteiger partial charge in [-0.2, -0.15) is 0 Å². The van der Waals surface area contributed by atoms with E-state index >= 15 is 0 Å². The van der Waals surface area contributed by atoms with Gasteiger partial charge in [0.25, 0.3) is 0 Å². The average Bonchev–Trinajstić information content (AvgIpc) is 2.43. The summed E-state index contributed by atoms with van der Waals surface area (Å²) in [5.74, 6) is 0.171. The van der Waals surface area contributed by atoms with Crippen molar-refractivity contribution in [3.8, 4) is 5.75 Å². The molecule has 1 heterocycles. The number of aromatic nitrogens is 1. The van der Waals surface area contributed by atoms with Gasteiger partial charge in [0.05, 0.1) is 18.3 Å². The fourth-order valence-corrected chi connectivity index (χ4v) is 2.11. The summed E-state index contributed by atoms with van der Waals surface area (Å²) in [4.78, 5) is 3.96. The van der Waals surface area contributed by atoms with E-state index in [4.69, 9.17) is 22.1 Å². The molecule has 0 aliphatic rings. The largest absolute Gasteiger partial charge is 0.495 e. The molecule has 3 nitrogen and oxygen atoms in total. The van der Waals surface area contributed by atoms with E-state index in [0.29, 0.717) is 17.7 Å². The number of hydrogen-bond donors (Lipinski definition) is 1. The number of rotatable bonds is 4. The Morgan fingerprint density at radius 2 is 2.21 bits per heavy atom. The molecule has 0 aliphatic heterocycles. The Balaban J connectivity index is 2.26. The van der Waals surface area contributed by atoms with Crippen molar-refractivity contribution in [1.82, 2.24) is 4.98 Å². The molecular weight excluding hydrogens is 267 g/mol. The highest BCUT2D eigenvalue weighted by Crippen LogP contribution is 2.27. The van der Waals surface area contributed by atoms with Crippen LogP contribution < -0.4 is 10.5 Å². The maximum Gasteiger partial charge on any atom is 0.145 e. The second-order valence-corrected chi connectivity index (χ2v) is 4.55. The monoisotopic (exact) mass is 280 g/mol. The van der Waals surface area contributed by atoms with Gasteiger partial charge in [-0.3, -0.25) is 4.98 Å². The Morgan fingerprint density at radius 3 is 2.95 bits per heavy atom. The first-order valence-electron chi connectivity index (χ1n) is 5.80. The van der Waals surface area contributed by atoms with Crippen LogP contribution in [-0.4, -0.2) is 12.1 Å². The average molecular weight is 281 g/mol. The van der Waals surface area contributed by atoms with Crippen molar-refractivity contribution in [3.05, 3.63) is 58.6 Å².